The number of urea groups is 1. The van der Waals surface area contributed by atoms with Gasteiger partial charge in [0.1, 0.15) is 12.1 Å². The molecule has 5 saturated carbocycles. The van der Waals surface area contributed by atoms with E-state index in [4.69, 9.17) is 0 Å². The van der Waals surface area contributed by atoms with Crippen LogP contribution in [-0.4, -0.2) is 90.1 Å². The molecule has 6 aliphatic rings. The van der Waals surface area contributed by atoms with Gasteiger partial charge in [-0.1, -0.05) is 64.4 Å². The molecule has 1 aliphatic heterocycles. The Morgan fingerprint density at radius 2 is 1.50 bits per heavy atom. The standard InChI is InChI=1S/C41H65N5O7S/c1-6-23-42-35(49)32(47)30(24-27-13-14-27)43-34(48)31-28-15-20-40(21-22-40)29(28)25-46(31)36(50)33(39(5)16-9-7-10-17-39)44-37(51)45-41(18-11-8-12-19-41)26-54(52,53)38(2,3)4/h6,27-31,33H,1,7-26H2,2-5H3,(H,42,49)(H,43,48)(H2,44,45,51)/t28-,29-,30?,31-,33+/m0/s1. The zero-order valence-corrected chi connectivity index (χ0v) is 33.9. The van der Waals surface area contributed by atoms with E-state index in [0.717, 1.165) is 89.9 Å². The topological polar surface area (TPSA) is 171 Å². The average Bonchev–Trinajstić information content (AvgIpc) is 4.03. The maximum absolute atomic E-state index is 15.2. The summed E-state index contributed by atoms with van der Waals surface area (Å²) < 4.78 is 26.0. The van der Waals surface area contributed by atoms with Crippen LogP contribution in [0, 0.1) is 28.6 Å². The molecule has 13 heteroatoms. The van der Waals surface area contributed by atoms with Crippen molar-refractivity contribution in [1.29, 1.82) is 0 Å². The second kappa shape index (κ2) is 15.5. The van der Waals surface area contributed by atoms with E-state index < -0.39 is 67.3 Å². The number of Topliss-reactive ketones (excluding diaryl/α,β-unsaturated/α-hetero) is 1. The predicted octanol–water partition coefficient (Wildman–Crippen LogP) is 4.71. The lowest BCUT2D eigenvalue weighted by Crippen LogP contribution is -2.64. The third-order valence-corrected chi connectivity index (χ3v) is 17.0. The van der Waals surface area contributed by atoms with Crippen molar-refractivity contribution >= 4 is 39.4 Å². The van der Waals surface area contributed by atoms with Crippen LogP contribution in [0.15, 0.2) is 12.7 Å². The van der Waals surface area contributed by atoms with Gasteiger partial charge in [-0.15, -0.1) is 6.58 Å². The Balaban J connectivity index is 1.27. The van der Waals surface area contributed by atoms with Crippen molar-refractivity contribution in [2.24, 2.45) is 28.6 Å². The van der Waals surface area contributed by atoms with E-state index in [0.29, 0.717) is 25.8 Å². The number of carbonyl (C=O) groups is 5. The molecular weight excluding hydrogens is 707 g/mol. The summed E-state index contributed by atoms with van der Waals surface area (Å²) in [5.74, 6) is -2.00. The molecule has 1 unspecified atom stereocenters. The number of ketones is 1. The fourth-order valence-corrected chi connectivity index (χ4v) is 11.9. The van der Waals surface area contributed by atoms with E-state index in [1.807, 2.05) is 0 Å². The van der Waals surface area contributed by atoms with E-state index in [9.17, 15) is 27.6 Å². The van der Waals surface area contributed by atoms with E-state index in [1.54, 1.807) is 25.7 Å². The molecule has 5 atom stereocenters. The predicted molar refractivity (Wildman–Crippen MR) is 207 cm³/mol. The number of carbonyl (C=O) groups excluding carboxylic acids is 5. The third kappa shape index (κ3) is 8.55. The Hall–Kier alpha value is -2.96. The van der Waals surface area contributed by atoms with Crippen LogP contribution in [0.2, 0.25) is 0 Å². The van der Waals surface area contributed by atoms with Crippen molar-refractivity contribution in [3.8, 4) is 0 Å². The van der Waals surface area contributed by atoms with Gasteiger partial charge in [-0.05, 0) is 107 Å². The summed E-state index contributed by atoms with van der Waals surface area (Å²) in [4.78, 5) is 71.8. The van der Waals surface area contributed by atoms with E-state index in [1.165, 1.54) is 6.08 Å². The van der Waals surface area contributed by atoms with Gasteiger partial charge in [0, 0.05) is 13.1 Å². The second-order valence-electron chi connectivity index (χ2n) is 19.2. The molecule has 1 heterocycles. The number of fused-ring (bicyclic) bond motifs is 2. The van der Waals surface area contributed by atoms with Crippen LogP contribution in [0.4, 0.5) is 4.79 Å². The molecule has 4 N–H and O–H groups in total. The first-order chi connectivity index (χ1) is 25.4. The van der Waals surface area contributed by atoms with Crippen LogP contribution in [-0.2, 0) is 29.0 Å². The highest BCUT2D eigenvalue weighted by Gasteiger charge is 2.64. The van der Waals surface area contributed by atoms with Crippen molar-refractivity contribution in [1.82, 2.24) is 26.2 Å². The zero-order valence-electron chi connectivity index (χ0n) is 33.1. The summed E-state index contributed by atoms with van der Waals surface area (Å²) in [6.07, 6.45) is 15.6. The summed E-state index contributed by atoms with van der Waals surface area (Å²) in [6.45, 7) is 11.3. The van der Waals surface area contributed by atoms with Crippen molar-refractivity contribution in [2.75, 3.05) is 18.8 Å². The molecule has 302 valence electrons. The summed E-state index contributed by atoms with van der Waals surface area (Å²) in [5, 5.41) is 11.7. The van der Waals surface area contributed by atoms with Crippen LogP contribution in [0.1, 0.15) is 137 Å². The van der Waals surface area contributed by atoms with Crippen molar-refractivity contribution in [3.63, 3.8) is 0 Å². The molecule has 0 radical (unpaired) electrons. The minimum Gasteiger partial charge on any atom is -0.346 e. The van der Waals surface area contributed by atoms with Gasteiger partial charge in [0.05, 0.1) is 22.1 Å². The first-order valence-electron chi connectivity index (χ1n) is 20.8. The zero-order chi connectivity index (χ0) is 39.1. The monoisotopic (exact) mass is 771 g/mol. The third-order valence-electron chi connectivity index (χ3n) is 14.2. The minimum absolute atomic E-state index is 0.0792. The van der Waals surface area contributed by atoms with Gasteiger partial charge in [0.15, 0.2) is 9.84 Å². The molecule has 1 spiro atoms. The highest BCUT2D eigenvalue weighted by Crippen LogP contribution is 2.66. The van der Waals surface area contributed by atoms with Gasteiger partial charge in [0.25, 0.3) is 5.91 Å². The van der Waals surface area contributed by atoms with Gasteiger partial charge in [-0.25, -0.2) is 13.2 Å². The largest absolute Gasteiger partial charge is 0.346 e. The first kappa shape index (κ1) is 40.7. The lowest BCUT2D eigenvalue weighted by Gasteiger charge is -2.44. The molecule has 5 amide bonds. The number of hydrogen-bond acceptors (Lipinski definition) is 7. The number of likely N-dealkylation sites (tertiary alicyclic amines) is 1. The molecule has 0 aromatic rings. The number of rotatable bonds is 14. The van der Waals surface area contributed by atoms with E-state index in [-0.39, 0.29) is 41.4 Å². The van der Waals surface area contributed by atoms with Crippen LogP contribution in [0.5, 0.6) is 0 Å². The van der Waals surface area contributed by atoms with Crippen LogP contribution < -0.4 is 21.3 Å². The lowest BCUT2D eigenvalue weighted by atomic mass is 9.70. The Labute approximate surface area is 322 Å². The fourth-order valence-electron chi connectivity index (χ4n) is 10.4. The molecule has 6 fully saturated rings. The molecule has 0 aromatic heterocycles. The molecule has 6 rings (SSSR count). The molecule has 54 heavy (non-hydrogen) atoms. The smallest absolute Gasteiger partial charge is 0.315 e. The van der Waals surface area contributed by atoms with E-state index in [2.05, 4.69) is 34.8 Å². The summed E-state index contributed by atoms with van der Waals surface area (Å²) in [6, 6.07) is -3.30. The highest BCUT2D eigenvalue weighted by molar-refractivity contribution is 7.92. The highest BCUT2D eigenvalue weighted by atomic mass is 32.2. The van der Waals surface area contributed by atoms with Gasteiger partial charge < -0.3 is 26.2 Å². The minimum atomic E-state index is -3.57. The van der Waals surface area contributed by atoms with Crippen LogP contribution in [0.3, 0.4) is 0 Å². The Morgan fingerprint density at radius 3 is 2.07 bits per heavy atom. The van der Waals surface area contributed by atoms with Gasteiger partial charge in [0.2, 0.25) is 17.6 Å². The molecule has 1 saturated heterocycles. The Bertz CT molecular complexity index is 1580. The summed E-state index contributed by atoms with van der Waals surface area (Å²) >= 11 is 0. The summed E-state index contributed by atoms with van der Waals surface area (Å²) in [7, 11) is -3.57. The van der Waals surface area contributed by atoms with Crippen molar-refractivity contribution in [2.45, 2.75) is 165 Å². The second-order valence-corrected chi connectivity index (χ2v) is 21.9. The maximum Gasteiger partial charge on any atom is 0.315 e. The van der Waals surface area contributed by atoms with Crippen molar-refractivity contribution < 1.29 is 32.4 Å². The normalized spacial score (nSPS) is 27.9. The number of nitrogens with zero attached hydrogens (tertiary/aromatic N) is 1. The molecule has 0 bridgehead atoms. The molecular formula is C41H65N5O7S. The Morgan fingerprint density at radius 1 is 0.870 bits per heavy atom. The molecule has 5 aliphatic carbocycles. The number of sulfone groups is 1. The molecule has 12 nitrogen and oxygen atoms in total. The number of hydrogen-bond donors (Lipinski definition) is 4. The molecule has 0 aromatic carbocycles. The average molecular weight is 772 g/mol. The van der Waals surface area contributed by atoms with Gasteiger partial charge in [-0.2, -0.15) is 0 Å². The number of nitrogens with one attached hydrogen (secondary N) is 4. The quantitative estimate of drug-likeness (QED) is 0.146. The van der Waals surface area contributed by atoms with Gasteiger partial charge in [-0.3, -0.25) is 19.2 Å². The van der Waals surface area contributed by atoms with Crippen molar-refractivity contribution in [3.05, 3.63) is 12.7 Å². The first-order valence-corrected chi connectivity index (χ1v) is 22.4. The van der Waals surface area contributed by atoms with E-state index >= 15 is 4.79 Å². The number of amides is 5. The maximum atomic E-state index is 15.2. The van der Waals surface area contributed by atoms with Crippen LogP contribution in [0.25, 0.3) is 0 Å². The lowest BCUT2D eigenvalue weighted by molar-refractivity contribution is -0.145. The fraction of sp³-hybridized carbons (Fsp3) is 0.829. The summed E-state index contributed by atoms with van der Waals surface area (Å²) in [5.41, 5.74) is -1.40. The SMILES string of the molecule is C=CCNC(=O)C(=O)C(CC1CC1)NC(=O)[C@@H]1[C@H]2CCC3(CC3)[C@H]2CN1C(=O)[C@@H](NC(=O)NC1(CS(=O)(=O)C(C)(C)C)CCCCC1)C1(C)CCCCC1. The Kier molecular flexibility index (Phi) is 11.7. The van der Waals surface area contributed by atoms with Gasteiger partial charge >= 0.3 is 6.03 Å². The van der Waals surface area contributed by atoms with Crippen LogP contribution >= 0.6 is 0 Å².